The van der Waals surface area contributed by atoms with Gasteiger partial charge in [0.1, 0.15) is 5.69 Å². The molecule has 0 saturated carbocycles. The van der Waals surface area contributed by atoms with Gasteiger partial charge in [-0.1, -0.05) is 18.2 Å². The van der Waals surface area contributed by atoms with Crippen LogP contribution in [-0.4, -0.2) is 29.9 Å². The van der Waals surface area contributed by atoms with Gasteiger partial charge in [-0.3, -0.25) is 9.78 Å². The predicted molar refractivity (Wildman–Crippen MR) is 76.0 cm³/mol. The summed E-state index contributed by atoms with van der Waals surface area (Å²) in [5.74, 6) is -0.192. The highest BCUT2D eigenvalue weighted by Gasteiger charge is 2.06. The van der Waals surface area contributed by atoms with Crippen LogP contribution in [0.25, 0.3) is 0 Å². The highest BCUT2D eigenvalue weighted by molar-refractivity contribution is 6.02. The highest BCUT2D eigenvalue weighted by atomic mass is 16.1. The number of pyridine rings is 1. The number of aromatic nitrogens is 1. The SMILES string of the molecule is CN(C)Cc1cccc(NC(=O)c2ccccn2)c1. The maximum atomic E-state index is 12.0. The van der Waals surface area contributed by atoms with E-state index in [-0.39, 0.29) is 5.91 Å². The third-order valence-electron chi connectivity index (χ3n) is 2.58. The molecule has 1 N–H and O–H groups in total. The molecule has 19 heavy (non-hydrogen) atoms. The van der Waals surface area contributed by atoms with Crippen molar-refractivity contribution in [2.24, 2.45) is 0 Å². The summed E-state index contributed by atoms with van der Waals surface area (Å²) in [7, 11) is 4.03. The molecule has 0 unspecified atom stereocenters. The van der Waals surface area contributed by atoms with Gasteiger partial charge >= 0.3 is 0 Å². The normalized spacial score (nSPS) is 10.5. The number of carbonyl (C=O) groups excluding carboxylic acids is 1. The van der Waals surface area contributed by atoms with Crippen LogP contribution >= 0.6 is 0 Å². The molecule has 0 bridgehead atoms. The lowest BCUT2D eigenvalue weighted by molar-refractivity contribution is 0.102. The van der Waals surface area contributed by atoms with Gasteiger partial charge < -0.3 is 10.2 Å². The quantitative estimate of drug-likeness (QED) is 0.912. The Morgan fingerprint density at radius 2 is 2.05 bits per heavy atom. The molecule has 2 aromatic rings. The maximum absolute atomic E-state index is 12.0. The Bertz CT molecular complexity index is 552. The summed E-state index contributed by atoms with van der Waals surface area (Å²) in [6.45, 7) is 0.841. The zero-order chi connectivity index (χ0) is 13.7. The summed E-state index contributed by atoms with van der Waals surface area (Å²) in [5.41, 5.74) is 2.36. The van der Waals surface area contributed by atoms with Crippen LogP contribution in [-0.2, 0) is 6.54 Å². The molecular weight excluding hydrogens is 238 g/mol. The van der Waals surface area contributed by atoms with E-state index in [9.17, 15) is 4.79 Å². The van der Waals surface area contributed by atoms with Crippen LogP contribution < -0.4 is 5.32 Å². The minimum atomic E-state index is -0.192. The van der Waals surface area contributed by atoms with Crippen LogP contribution in [0.3, 0.4) is 0 Å². The molecule has 0 aliphatic rings. The van der Waals surface area contributed by atoms with Gasteiger partial charge in [0.15, 0.2) is 0 Å². The smallest absolute Gasteiger partial charge is 0.274 e. The maximum Gasteiger partial charge on any atom is 0.274 e. The molecule has 0 fully saturated rings. The molecule has 1 aromatic heterocycles. The minimum absolute atomic E-state index is 0.192. The number of anilines is 1. The number of amides is 1. The lowest BCUT2D eigenvalue weighted by Crippen LogP contribution is -2.14. The van der Waals surface area contributed by atoms with Crippen LogP contribution in [0.2, 0.25) is 0 Å². The second-order valence-corrected chi connectivity index (χ2v) is 4.61. The largest absolute Gasteiger partial charge is 0.321 e. The van der Waals surface area contributed by atoms with E-state index in [0.29, 0.717) is 5.69 Å². The Labute approximate surface area is 113 Å². The fourth-order valence-corrected chi connectivity index (χ4v) is 1.80. The van der Waals surface area contributed by atoms with Crippen molar-refractivity contribution >= 4 is 11.6 Å². The topological polar surface area (TPSA) is 45.2 Å². The van der Waals surface area contributed by atoms with Crippen LogP contribution in [0.15, 0.2) is 48.7 Å². The summed E-state index contributed by atoms with van der Waals surface area (Å²) in [5, 5.41) is 2.85. The van der Waals surface area contributed by atoms with Gasteiger partial charge in [-0.2, -0.15) is 0 Å². The van der Waals surface area contributed by atoms with Crippen molar-refractivity contribution in [2.45, 2.75) is 6.54 Å². The number of nitrogens with zero attached hydrogens (tertiary/aromatic N) is 2. The first-order valence-corrected chi connectivity index (χ1v) is 6.11. The van der Waals surface area contributed by atoms with Crippen molar-refractivity contribution in [3.05, 3.63) is 59.9 Å². The van der Waals surface area contributed by atoms with Crippen molar-refractivity contribution in [3.8, 4) is 0 Å². The zero-order valence-corrected chi connectivity index (χ0v) is 11.1. The standard InChI is InChI=1S/C15H17N3O/c1-18(2)11-12-6-5-7-13(10-12)17-15(19)14-8-3-4-9-16-14/h3-10H,11H2,1-2H3,(H,17,19). The summed E-state index contributed by atoms with van der Waals surface area (Å²) < 4.78 is 0. The molecule has 98 valence electrons. The monoisotopic (exact) mass is 255 g/mol. The molecule has 0 radical (unpaired) electrons. The van der Waals surface area contributed by atoms with E-state index in [2.05, 4.69) is 15.2 Å². The Morgan fingerprint density at radius 1 is 1.21 bits per heavy atom. The molecular formula is C15H17N3O. The molecule has 0 atom stereocenters. The molecule has 4 nitrogen and oxygen atoms in total. The summed E-state index contributed by atoms with van der Waals surface area (Å²) in [6, 6.07) is 13.1. The molecule has 0 spiro atoms. The Kier molecular flexibility index (Phi) is 4.26. The average molecular weight is 255 g/mol. The summed E-state index contributed by atoms with van der Waals surface area (Å²) in [4.78, 5) is 18.1. The molecule has 1 aromatic carbocycles. The fraction of sp³-hybridized carbons (Fsp3) is 0.200. The van der Waals surface area contributed by atoms with Gasteiger partial charge in [-0.05, 0) is 43.9 Å². The van der Waals surface area contributed by atoms with Gasteiger partial charge in [0.2, 0.25) is 0 Å². The molecule has 0 aliphatic heterocycles. The average Bonchev–Trinajstić information content (AvgIpc) is 2.39. The molecule has 1 amide bonds. The van der Waals surface area contributed by atoms with E-state index in [1.165, 1.54) is 0 Å². The minimum Gasteiger partial charge on any atom is -0.321 e. The Balaban J connectivity index is 2.09. The molecule has 0 saturated heterocycles. The second kappa shape index (κ2) is 6.11. The van der Waals surface area contributed by atoms with Gasteiger partial charge in [-0.25, -0.2) is 0 Å². The lowest BCUT2D eigenvalue weighted by Gasteiger charge is -2.11. The number of nitrogens with one attached hydrogen (secondary N) is 1. The lowest BCUT2D eigenvalue weighted by atomic mass is 10.2. The number of benzene rings is 1. The van der Waals surface area contributed by atoms with Crippen molar-refractivity contribution in [1.29, 1.82) is 0 Å². The van der Waals surface area contributed by atoms with Crippen molar-refractivity contribution in [3.63, 3.8) is 0 Å². The van der Waals surface area contributed by atoms with Gasteiger partial charge in [-0.15, -0.1) is 0 Å². The number of hydrogen-bond acceptors (Lipinski definition) is 3. The van der Waals surface area contributed by atoms with Crippen LogP contribution in [0.4, 0.5) is 5.69 Å². The fourth-order valence-electron chi connectivity index (χ4n) is 1.80. The molecule has 0 aliphatic carbocycles. The molecule has 1 heterocycles. The highest BCUT2D eigenvalue weighted by Crippen LogP contribution is 2.12. The van der Waals surface area contributed by atoms with E-state index in [4.69, 9.17) is 0 Å². The van der Waals surface area contributed by atoms with Gasteiger partial charge in [0.25, 0.3) is 5.91 Å². The van der Waals surface area contributed by atoms with Gasteiger partial charge in [0, 0.05) is 18.4 Å². The predicted octanol–water partition coefficient (Wildman–Crippen LogP) is 2.40. The van der Waals surface area contributed by atoms with Crippen LogP contribution in [0.5, 0.6) is 0 Å². The van der Waals surface area contributed by atoms with Crippen LogP contribution in [0, 0.1) is 0 Å². The van der Waals surface area contributed by atoms with Gasteiger partial charge in [0.05, 0.1) is 0 Å². The summed E-state index contributed by atoms with van der Waals surface area (Å²) in [6.07, 6.45) is 1.61. The van der Waals surface area contributed by atoms with E-state index < -0.39 is 0 Å². The van der Waals surface area contributed by atoms with Crippen molar-refractivity contribution in [1.82, 2.24) is 9.88 Å². The van der Waals surface area contributed by atoms with E-state index in [1.54, 1.807) is 24.4 Å². The van der Waals surface area contributed by atoms with E-state index >= 15 is 0 Å². The Hall–Kier alpha value is -2.20. The third kappa shape index (κ3) is 3.89. The Morgan fingerprint density at radius 3 is 2.74 bits per heavy atom. The zero-order valence-electron chi connectivity index (χ0n) is 11.1. The number of rotatable bonds is 4. The second-order valence-electron chi connectivity index (χ2n) is 4.61. The first-order chi connectivity index (χ1) is 9.15. The van der Waals surface area contributed by atoms with Crippen molar-refractivity contribution in [2.75, 3.05) is 19.4 Å². The molecule has 4 heteroatoms. The number of carbonyl (C=O) groups is 1. The number of hydrogen-bond donors (Lipinski definition) is 1. The van der Waals surface area contributed by atoms with E-state index in [1.807, 2.05) is 38.4 Å². The van der Waals surface area contributed by atoms with Crippen LogP contribution in [0.1, 0.15) is 16.1 Å². The molecule has 2 rings (SSSR count). The first kappa shape index (κ1) is 13.2. The van der Waals surface area contributed by atoms with Crippen molar-refractivity contribution < 1.29 is 4.79 Å². The summed E-state index contributed by atoms with van der Waals surface area (Å²) >= 11 is 0. The van der Waals surface area contributed by atoms with E-state index in [0.717, 1.165) is 17.8 Å². The first-order valence-electron chi connectivity index (χ1n) is 6.11. The third-order valence-corrected chi connectivity index (χ3v) is 2.58.